The molecule has 0 radical (unpaired) electrons. The minimum atomic E-state index is -1.03. The number of halogens is 1. The lowest BCUT2D eigenvalue weighted by Crippen LogP contribution is -2.10. The minimum absolute atomic E-state index is 0.393. The van der Waals surface area contributed by atoms with Crippen LogP contribution in [0.3, 0.4) is 0 Å². The molecule has 1 aromatic carbocycles. The summed E-state index contributed by atoms with van der Waals surface area (Å²) in [6.07, 6.45) is 5.23. The number of rotatable bonds is 3. The van der Waals surface area contributed by atoms with Crippen LogP contribution < -0.4 is 4.74 Å². The summed E-state index contributed by atoms with van der Waals surface area (Å²) in [6.45, 7) is -0.393. The summed E-state index contributed by atoms with van der Waals surface area (Å²) in [5, 5.41) is 8.41. The highest BCUT2D eigenvalue weighted by Gasteiger charge is 2.04. The predicted octanol–water partition coefficient (Wildman–Crippen LogP) is 1.89. The average molecular weight is 255 g/mol. The van der Waals surface area contributed by atoms with Gasteiger partial charge in [-0.1, -0.05) is 21.9 Å². The number of benzene rings is 1. The standard InChI is InChI=1S/C10H7BrO3/c1-2-7-5-8(11)3-4-9(7)14-6-10(12)13/h1,3-5H,6H2,(H,12,13). The Hall–Kier alpha value is -1.47. The Labute approximate surface area is 89.8 Å². The minimum Gasteiger partial charge on any atom is -0.481 e. The zero-order valence-corrected chi connectivity index (χ0v) is 8.74. The topological polar surface area (TPSA) is 46.5 Å². The first-order valence-electron chi connectivity index (χ1n) is 3.74. The fraction of sp³-hybridized carbons (Fsp3) is 0.100. The van der Waals surface area contributed by atoms with Crippen LogP contribution in [-0.2, 0) is 4.79 Å². The first-order chi connectivity index (χ1) is 6.63. The van der Waals surface area contributed by atoms with E-state index in [2.05, 4.69) is 21.9 Å². The molecule has 1 rings (SSSR count). The van der Waals surface area contributed by atoms with Crippen molar-refractivity contribution in [3.05, 3.63) is 28.2 Å². The van der Waals surface area contributed by atoms with E-state index >= 15 is 0 Å². The van der Waals surface area contributed by atoms with Gasteiger partial charge >= 0.3 is 5.97 Å². The van der Waals surface area contributed by atoms with Crippen molar-refractivity contribution in [1.82, 2.24) is 0 Å². The van der Waals surface area contributed by atoms with Gasteiger partial charge in [0.15, 0.2) is 6.61 Å². The van der Waals surface area contributed by atoms with E-state index in [9.17, 15) is 4.79 Å². The van der Waals surface area contributed by atoms with E-state index in [-0.39, 0.29) is 0 Å². The third-order valence-corrected chi connectivity index (χ3v) is 1.94. The van der Waals surface area contributed by atoms with E-state index < -0.39 is 12.6 Å². The summed E-state index contributed by atoms with van der Waals surface area (Å²) in [5.41, 5.74) is 0.528. The third-order valence-electron chi connectivity index (χ3n) is 1.45. The van der Waals surface area contributed by atoms with Gasteiger partial charge in [0, 0.05) is 4.47 Å². The van der Waals surface area contributed by atoms with Crippen LogP contribution >= 0.6 is 15.9 Å². The molecule has 3 nitrogen and oxygen atoms in total. The van der Waals surface area contributed by atoms with E-state index in [4.69, 9.17) is 16.3 Å². The van der Waals surface area contributed by atoms with Crippen molar-refractivity contribution < 1.29 is 14.6 Å². The second-order valence-corrected chi connectivity index (χ2v) is 3.38. The van der Waals surface area contributed by atoms with Gasteiger partial charge < -0.3 is 9.84 Å². The normalized spacial score (nSPS) is 9.14. The number of hydrogen-bond donors (Lipinski definition) is 1. The maximum atomic E-state index is 10.3. The van der Waals surface area contributed by atoms with Crippen LogP contribution in [-0.4, -0.2) is 17.7 Å². The maximum Gasteiger partial charge on any atom is 0.341 e. The van der Waals surface area contributed by atoms with Crippen molar-refractivity contribution in [2.45, 2.75) is 0 Å². The number of hydrogen-bond acceptors (Lipinski definition) is 2. The van der Waals surface area contributed by atoms with Gasteiger partial charge in [-0.3, -0.25) is 0 Å². The lowest BCUT2D eigenvalue weighted by atomic mass is 10.2. The number of ether oxygens (including phenoxy) is 1. The number of aliphatic carboxylic acids is 1. The Morgan fingerprint density at radius 2 is 2.36 bits per heavy atom. The van der Waals surface area contributed by atoms with Gasteiger partial charge in [-0.25, -0.2) is 4.79 Å². The van der Waals surface area contributed by atoms with Crippen molar-refractivity contribution in [2.24, 2.45) is 0 Å². The smallest absolute Gasteiger partial charge is 0.341 e. The van der Waals surface area contributed by atoms with Gasteiger partial charge in [-0.05, 0) is 18.2 Å². The van der Waals surface area contributed by atoms with E-state index in [0.717, 1.165) is 4.47 Å². The van der Waals surface area contributed by atoms with Crippen molar-refractivity contribution in [1.29, 1.82) is 0 Å². The highest BCUT2D eigenvalue weighted by atomic mass is 79.9. The molecule has 0 heterocycles. The average Bonchev–Trinajstić information content (AvgIpc) is 2.15. The fourth-order valence-corrected chi connectivity index (χ4v) is 1.24. The maximum absolute atomic E-state index is 10.3. The summed E-state index contributed by atoms with van der Waals surface area (Å²) in [4.78, 5) is 10.3. The van der Waals surface area contributed by atoms with Crippen LogP contribution in [0.4, 0.5) is 0 Å². The molecule has 0 unspecified atom stereocenters. The highest BCUT2D eigenvalue weighted by molar-refractivity contribution is 9.10. The lowest BCUT2D eigenvalue weighted by molar-refractivity contribution is -0.139. The molecule has 0 aliphatic carbocycles. The summed E-state index contributed by atoms with van der Waals surface area (Å²) in [6, 6.07) is 5.05. The molecular weight excluding hydrogens is 248 g/mol. The third kappa shape index (κ3) is 2.79. The van der Waals surface area contributed by atoms with Gasteiger partial charge in [0.05, 0.1) is 5.56 Å². The van der Waals surface area contributed by atoms with Crippen LogP contribution in [0.2, 0.25) is 0 Å². The summed E-state index contributed by atoms with van der Waals surface area (Å²) in [7, 11) is 0. The van der Waals surface area contributed by atoms with Crippen LogP contribution in [0.5, 0.6) is 5.75 Å². The second kappa shape index (κ2) is 4.68. The molecule has 0 fully saturated rings. The predicted molar refractivity (Wildman–Crippen MR) is 55.2 cm³/mol. The molecule has 0 aromatic heterocycles. The molecule has 0 spiro atoms. The van der Waals surface area contributed by atoms with Crippen molar-refractivity contribution in [2.75, 3.05) is 6.61 Å². The number of terminal acetylenes is 1. The van der Waals surface area contributed by atoms with E-state index in [0.29, 0.717) is 11.3 Å². The van der Waals surface area contributed by atoms with Gasteiger partial charge in [0.2, 0.25) is 0 Å². The Morgan fingerprint density at radius 1 is 1.64 bits per heavy atom. The quantitative estimate of drug-likeness (QED) is 0.839. The molecule has 0 atom stereocenters. The Morgan fingerprint density at radius 3 is 2.93 bits per heavy atom. The largest absolute Gasteiger partial charge is 0.481 e. The van der Waals surface area contributed by atoms with Gasteiger partial charge in [-0.15, -0.1) is 6.42 Å². The Balaban J connectivity index is 2.87. The molecular formula is C10H7BrO3. The Bertz CT molecular complexity index is 393. The van der Waals surface area contributed by atoms with Crippen LogP contribution in [0, 0.1) is 12.3 Å². The summed E-state index contributed by atoms with van der Waals surface area (Å²) in [5.74, 6) is 1.78. The molecule has 1 N–H and O–H groups in total. The van der Waals surface area contributed by atoms with Crippen molar-refractivity contribution in [3.63, 3.8) is 0 Å². The lowest BCUT2D eigenvalue weighted by Gasteiger charge is -2.05. The number of carbonyl (C=O) groups is 1. The summed E-state index contributed by atoms with van der Waals surface area (Å²) >= 11 is 3.25. The van der Waals surface area contributed by atoms with Gasteiger partial charge in [-0.2, -0.15) is 0 Å². The molecule has 4 heteroatoms. The molecule has 0 bridgehead atoms. The molecule has 14 heavy (non-hydrogen) atoms. The SMILES string of the molecule is C#Cc1cc(Br)ccc1OCC(=O)O. The number of carboxylic acid groups (broad SMARTS) is 1. The molecule has 1 aromatic rings. The van der Waals surface area contributed by atoms with Crippen LogP contribution in [0.1, 0.15) is 5.56 Å². The van der Waals surface area contributed by atoms with Crippen LogP contribution in [0.25, 0.3) is 0 Å². The zero-order valence-electron chi connectivity index (χ0n) is 7.16. The monoisotopic (exact) mass is 254 g/mol. The van der Waals surface area contributed by atoms with Gasteiger partial charge in [0.25, 0.3) is 0 Å². The molecule has 0 saturated heterocycles. The first kappa shape index (κ1) is 10.6. The molecule has 0 amide bonds. The van der Waals surface area contributed by atoms with Crippen molar-refractivity contribution in [3.8, 4) is 18.1 Å². The molecule has 72 valence electrons. The molecule has 0 saturated carbocycles. The van der Waals surface area contributed by atoms with E-state index in [1.807, 2.05) is 0 Å². The van der Waals surface area contributed by atoms with E-state index in [1.165, 1.54) is 0 Å². The zero-order chi connectivity index (χ0) is 10.6. The number of carboxylic acids is 1. The van der Waals surface area contributed by atoms with E-state index in [1.54, 1.807) is 18.2 Å². The first-order valence-corrected chi connectivity index (χ1v) is 4.53. The summed E-state index contributed by atoms with van der Waals surface area (Å²) < 4.78 is 5.81. The molecule has 0 aliphatic heterocycles. The molecule has 0 aliphatic rings. The second-order valence-electron chi connectivity index (χ2n) is 2.47. The van der Waals surface area contributed by atoms with Crippen molar-refractivity contribution >= 4 is 21.9 Å². The van der Waals surface area contributed by atoms with Crippen LogP contribution in [0.15, 0.2) is 22.7 Å². The highest BCUT2D eigenvalue weighted by Crippen LogP contribution is 2.22. The van der Waals surface area contributed by atoms with Gasteiger partial charge in [0.1, 0.15) is 5.75 Å². The fourth-order valence-electron chi connectivity index (χ4n) is 0.880. The Kier molecular flexibility index (Phi) is 3.55.